The molecule has 1 saturated heterocycles. The third kappa shape index (κ3) is 6.31. The van der Waals surface area contributed by atoms with Gasteiger partial charge in [0.2, 0.25) is 0 Å². The van der Waals surface area contributed by atoms with Crippen LogP contribution in [0.1, 0.15) is 44.7 Å². The van der Waals surface area contributed by atoms with Crippen molar-refractivity contribution in [1.29, 1.82) is 0 Å². The topological polar surface area (TPSA) is 101 Å². The minimum atomic E-state index is -0.473. The number of nitrogens with zero attached hydrogens (tertiary/aromatic N) is 3. The lowest BCUT2D eigenvalue weighted by Crippen LogP contribution is -2.52. The summed E-state index contributed by atoms with van der Waals surface area (Å²) in [5, 5.41) is 24.5. The molecule has 0 saturated carbocycles. The molecule has 1 aromatic heterocycles. The average Bonchev–Trinajstić information content (AvgIpc) is 3.15. The van der Waals surface area contributed by atoms with Crippen molar-refractivity contribution in [3.8, 4) is 0 Å². The van der Waals surface area contributed by atoms with Gasteiger partial charge in [0.25, 0.3) is 0 Å². The van der Waals surface area contributed by atoms with E-state index >= 15 is 0 Å². The smallest absolute Gasteiger partial charge is 0.319 e. The van der Waals surface area contributed by atoms with Crippen LogP contribution in [-0.2, 0) is 11.3 Å². The Bertz CT molecular complexity index is 840. The van der Waals surface area contributed by atoms with Crippen molar-refractivity contribution in [3.05, 3.63) is 40.1 Å². The zero-order valence-electron chi connectivity index (χ0n) is 17.0. The van der Waals surface area contributed by atoms with Gasteiger partial charge in [-0.2, -0.15) is 0 Å². The van der Waals surface area contributed by atoms with Crippen LogP contribution < -0.4 is 10.6 Å². The molecule has 0 unspecified atom stereocenters. The Morgan fingerprint density at radius 3 is 2.67 bits per heavy atom. The Balaban J connectivity index is 1.49. The molecule has 2 amide bonds. The summed E-state index contributed by atoms with van der Waals surface area (Å²) in [7, 11) is 0. The van der Waals surface area contributed by atoms with Crippen LogP contribution >= 0.6 is 23.2 Å². The molecular weight excluding hydrogens is 429 g/mol. The van der Waals surface area contributed by atoms with Crippen molar-refractivity contribution in [2.75, 3.05) is 11.9 Å². The average molecular weight is 456 g/mol. The normalized spacial score (nSPS) is 21.6. The highest BCUT2D eigenvalue weighted by Crippen LogP contribution is 2.24. The summed E-state index contributed by atoms with van der Waals surface area (Å²) in [6.07, 6.45) is 3.70. The maximum atomic E-state index is 12.4. The van der Waals surface area contributed by atoms with E-state index < -0.39 is 12.1 Å². The number of nitrogens with one attached hydrogen (secondary N) is 2. The van der Waals surface area contributed by atoms with E-state index in [4.69, 9.17) is 27.9 Å². The third-order valence-corrected chi connectivity index (χ3v) is 5.50. The first-order valence-electron chi connectivity index (χ1n) is 10.0. The molecule has 3 rings (SSSR count). The second-order valence-electron chi connectivity index (χ2n) is 7.77. The van der Waals surface area contributed by atoms with Gasteiger partial charge < -0.3 is 20.5 Å². The van der Waals surface area contributed by atoms with Crippen molar-refractivity contribution in [2.45, 2.75) is 63.8 Å². The molecule has 0 aliphatic carbocycles. The van der Waals surface area contributed by atoms with Crippen LogP contribution in [0.2, 0.25) is 10.0 Å². The number of hydrogen-bond acceptors (Lipinski definition) is 5. The van der Waals surface area contributed by atoms with E-state index in [1.165, 1.54) is 0 Å². The lowest BCUT2D eigenvalue weighted by Gasteiger charge is -2.36. The molecule has 1 fully saturated rings. The predicted octanol–water partition coefficient (Wildman–Crippen LogP) is 3.83. The lowest BCUT2D eigenvalue weighted by molar-refractivity contribution is -0.0905. The first kappa shape index (κ1) is 22.8. The number of benzene rings is 1. The van der Waals surface area contributed by atoms with Gasteiger partial charge in [0.1, 0.15) is 6.10 Å². The first-order chi connectivity index (χ1) is 14.3. The van der Waals surface area contributed by atoms with Gasteiger partial charge in [-0.1, -0.05) is 42.3 Å². The molecule has 1 aliphatic heterocycles. The molecule has 30 heavy (non-hydrogen) atoms. The molecule has 1 aromatic carbocycles. The number of hydrogen-bond donors (Lipinski definition) is 3. The highest BCUT2D eigenvalue weighted by molar-refractivity contribution is 6.35. The fourth-order valence-electron chi connectivity index (χ4n) is 3.43. The fourth-order valence-corrected chi connectivity index (χ4v) is 3.96. The molecular formula is C20H27Cl2N5O3. The van der Waals surface area contributed by atoms with Crippen molar-refractivity contribution in [2.24, 2.45) is 0 Å². The summed E-state index contributed by atoms with van der Waals surface area (Å²) in [6.45, 7) is 4.67. The molecule has 0 radical (unpaired) electrons. The highest BCUT2D eigenvalue weighted by atomic mass is 35.5. The molecule has 8 nitrogen and oxygen atoms in total. The van der Waals surface area contributed by atoms with Gasteiger partial charge in [0.15, 0.2) is 0 Å². The van der Waals surface area contributed by atoms with E-state index in [-0.39, 0.29) is 18.8 Å². The Kier molecular flexibility index (Phi) is 7.93. The molecule has 0 bridgehead atoms. The van der Waals surface area contributed by atoms with Crippen molar-refractivity contribution >= 4 is 34.9 Å². The molecule has 10 heteroatoms. The van der Waals surface area contributed by atoms with Gasteiger partial charge in [-0.25, -0.2) is 4.79 Å². The molecule has 2 aromatic rings. The maximum Gasteiger partial charge on any atom is 0.319 e. The number of aliphatic hydroxyl groups is 1. The van der Waals surface area contributed by atoms with Crippen LogP contribution in [-0.4, -0.2) is 51.0 Å². The second kappa shape index (κ2) is 10.4. The number of aromatic nitrogens is 3. The number of rotatable bonds is 7. The number of amides is 2. The number of carbonyl (C=O) groups excluding carboxylic acids is 1. The number of urea groups is 1. The van der Waals surface area contributed by atoms with E-state index in [0.29, 0.717) is 34.6 Å². The lowest BCUT2D eigenvalue weighted by atomic mass is 9.97. The summed E-state index contributed by atoms with van der Waals surface area (Å²) < 4.78 is 7.84. The van der Waals surface area contributed by atoms with Crippen LogP contribution in [0.4, 0.5) is 10.5 Å². The molecule has 0 spiro atoms. The molecule has 3 atom stereocenters. The quantitative estimate of drug-likeness (QED) is 0.588. The van der Waals surface area contributed by atoms with Gasteiger partial charge >= 0.3 is 6.03 Å². The van der Waals surface area contributed by atoms with Gasteiger partial charge in [0.05, 0.1) is 24.4 Å². The van der Waals surface area contributed by atoms with Crippen LogP contribution in [0.3, 0.4) is 0 Å². The summed E-state index contributed by atoms with van der Waals surface area (Å²) in [5.41, 5.74) is 1.46. The third-order valence-electron chi connectivity index (χ3n) is 5.06. The molecule has 1 aliphatic rings. The van der Waals surface area contributed by atoms with Gasteiger partial charge in [-0.05, 0) is 43.4 Å². The highest BCUT2D eigenvalue weighted by Gasteiger charge is 2.32. The number of ether oxygens (including phenoxy) is 1. The minimum Gasteiger partial charge on any atom is -0.394 e. The minimum absolute atomic E-state index is 0.0123. The standard InChI is InChI=1S/C20H27Cl2N5O3/c1-12(2)18-10-27(26-25-18)6-5-16-3-4-17(19(11-28)30-16)24-20(29)23-15-8-13(21)7-14(22)9-15/h7-10,12,16-17,19,28H,3-6,11H2,1-2H3,(H2,23,24,29)/t16-,17-,19-/m1/s1. The molecule has 3 N–H and O–H groups in total. The van der Waals surface area contributed by atoms with Crippen molar-refractivity contribution < 1.29 is 14.6 Å². The molecule has 164 valence electrons. The zero-order valence-corrected chi connectivity index (χ0v) is 18.5. The largest absolute Gasteiger partial charge is 0.394 e. The summed E-state index contributed by atoms with van der Waals surface area (Å²) in [4.78, 5) is 12.4. The van der Waals surface area contributed by atoms with Gasteiger partial charge in [0, 0.05) is 28.5 Å². The van der Waals surface area contributed by atoms with Crippen LogP contribution in [0.15, 0.2) is 24.4 Å². The first-order valence-corrected chi connectivity index (χ1v) is 10.8. The van der Waals surface area contributed by atoms with Crippen LogP contribution in [0.5, 0.6) is 0 Å². The zero-order chi connectivity index (χ0) is 21.7. The van der Waals surface area contributed by atoms with Crippen molar-refractivity contribution in [1.82, 2.24) is 20.3 Å². The predicted molar refractivity (Wildman–Crippen MR) is 116 cm³/mol. The SMILES string of the molecule is CC(C)c1cn(CC[C@H]2CC[C@@H](NC(=O)Nc3cc(Cl)cc(Cl)c3)[C@@H](CO)O2)nn1. The van der Waals surface area contributed by atoms with Gasteiger partial charge in [-0.3, -0.25) is 4.68 Å². The summed E-state index contributed by atoms with van der Waals surface area (Å²) in [6, 6.07) is 4.12. The number of carbonyl (C=O) groups is 1. The van der Waals surface area contributed by atoms with Gasteiger partial charge in [-0.15, -0.1) is 5.10 Å². The maximum absolute atomic E-state index is 12.4. The summed E-state index contributed by atoms with van der Waals surface area (Å²) in [5.74, 6) is 0.337. The van der Waals surface area contributed by atoms with E-state index in [9.17, 15) is 9.90 Å². The van der Waals surface area contributed by atoms with Crippen LogP contribution in [0, 0.1) is 0 Å². The number of aryl methyl sites for hydroxylation is 1. The Hall–Kier alpha value is -1.87. The fraction of sp³-hybridized carbons (Fsp3) is 0.550. The number of aliphatic hydroxyl groups excluding tert-OH is 1. The van der Waals surface area contributed by atoms with E-state index in [1.54, 1.807) is 18.2 Å². The number of anilines is 1. The van der Waals surface area contributed by atoms with Crippen LogP contribution in [0.25, 0.3) is 0 Å². The Morgan fingerprint density at radius 1 is 1.30 bits per heavy atom. The van der Waals surface area contributed by atoms with E-state index in [1.807, 2.05) is 10.9 Å². The van der Waals surface area contributed by atoms with E-state index in [2.05, 4.69) is 34.8 Å². The number of halogens is 2. The summed E-state index contributed by atoms with van der Waals surface area (Å²) >= 11 is 11.9. The van der Waals surface area contributed by atoms with Crippen molar-refractivity contribution in [3.63, 3.8) is 0 Å². The Labute approximate surface area is 185 Å². The second-order valence-corrected chi connectivity index (χ2v) is 8.64. The Morgan fingerprint density at radius 2 is 2.03 bits per heavy atom. The van der Waals surface area contributed by atoms with E-state index in [0.717, 1.165) is 18.5 Å². The molecule has 2 heterocycles. The monoisotopic (exact) mass is 455 g/mol.